The number of hydrogen-bond donors (Lipinski definition) is 2. The van der Waals surface area contributed by atoms with Crippen LogP contribution in [0.1, 0.15) is 36.9 Å². The molecule has 30 heavy (non-hydrogen) atoms. The molecule has 0 radical (unpaired) electrons. The Morgan fingerprint density at radius 3 is 2.53 bits per heavy atom. The van der Waals surface area contributed by atoms with Crippen LogP contribution in [0.4, 0.5) is 17.7 Å². The third-order valence-corrected chi connectivity index (χ3v) is 5.99. The van der Waals surface area contributed by atoms with E-state index < -0.39 is 0 Å². The fourth-order valence-corrected chi connectivity index (χ4v) is 4.08. The van der Waals surface area contributed by atoms with Gasteiger partial charge in [0.2, 0.25) is 11.9 Å². The zero-order valence-corrected chi connectivity index (χ0v) is 17.2. The highest BCUT2D eigenvalue weighted by molar-refractivity contribution is 5.89. The zero-order valence-electron chi connectivity index (χ0n) is 17.2. The number of anilines is 3. The number of aryl methyl sites for hydroxylation is 1. The van der Waals surface area contributed by atoms with E-state index in [9.17, 15) is 0 Å². The number of nitrogens with two attached hydrogens (primary N) is 2. The first-order chi connectivity index (χ1) is 14.5. The number of hydrogen-bond acceptors (Lipinski definition) is 7. The molecule has 1 aliphatic rings. The molecule has 1 fully saturated rings. The van der Waals surface area contributed by atoms with Gasteiger partial charge in [0, 0.05) is 12.7 Å². The summed E-state index contributed by atoms with van der Waals surface area (Å²) in [7, 11) is 0. The van der Waals surface area contributed by atoms with E-state index in [4.69, 9.17) is 16.5 Å². The molecule has 0 saturated heterocycles. The van der Waals surface area contributed by atoms with Gasteiger partial charge in [-0.3, -0.25) is 0 Å². The molecule has 5 rings (SSSR count). The summed E-state index contributed by atoms with van der Waals surface area (Å²) in [5.74, 6) is 1.74. The molecule has 1 atom stereocenters. The average Bonchev–Trinajstić information content (AvgIpc) is 3.56. The minimum absolute atomic E-state index is 0.102. The Hall–Kier alpha value is -3.48. The van der Waals surface area contributed by atoms with Crippen molar-refractivity contribution in [2.45, 2.75) is 32.7 Å². The summed E-state index contributed by atoms with van der Waals surface area (Å²) in [4.78, 5) is 19.9. The van der Waals surface area contributed by atoms with Crippen molar-refractivity contribution in [3.8, 4) is 0 Å². The van der Waals surface area contributed by atoms with Gasteiger partial charge in [-0.05, 0) is 54.5 Å². The Labute approximate surface area is 175 Å². The van der Waals surface area contributed by atoms with Crippen molar-refractivity contribution in [2.24, 2.45) is 5.92 Å². The topological polar surface area (TPSA) is 107 Å². The summed E-state index contributed by atoms with van der Waals surface area (Å²) in [6, 6.07) is 13.1. The monoisotopic (exact) mass is 399 g/mol. The van der Waals surface area contributed by atoms with Crippen molar-refractivity contribution in [2.75, 3.05) is 22.9 Å². The summed E-state index contributed by atoms with van der Waals surface area (Å²) in [5, 5.41) is 3.16. The van der Waals surface area contributed by atoms with Crippen LogP contribution in [0.25, 0.3) is 21.8 Å². The van der Waals surface area contributed by atoms with E-state index in [-0.39, 0.29) is 12.0 Å². The lowest BCUT2D eigenvalue weighted by molar-refractivity contribution is 0.621. The standard InChI is InChI=1S/C23H25N7/c1-13-7-10-17(18-6-4-3-5-16(13)18)14(2)30(12-15-8-9-15)23-26-11-19-20(24)27-22(25)28-21(19)29-23/h3-7,10-11,14-15H,8-9,12H2,1-2H3,(H4,24,25,26,27,28,29). The highest BCUT2D eigenvalue weighted by Crippen LogP contribution is 2.37. The van der Waals surface area contributed by atoms with E-state index >= 15 is 0 Å². The first-order valence-electron chi connectivity index (χ1n) is 10.3. The number of fused-ring (bicyclic) bond motifs is 2. The van der Waals surface area contributed by atoms with Gasteiger partial charge in [0.1, 0.15) is 5.82 Å². The van der Waals surface area contributed by atoms with Gasteiger partial charge in [-0.25, -0.2) is 4.98 Å². The SMILES string of the molecule is Cc1ccc(C(C)N(CC2CC2)c2ncc3c(N)nc(N)nc3n2)c2ccccc12. The molecular formula is C23H25N7. The maximum atomic E-state index is 5.98. The fourth-order valence-electron chi connectivity index (χ4n) is 4.08. The lowest BCUT2D eigenvalue weighted by Gasteiger charge is -2.31. The molecule has 7 heteroatoms. The Bertz CT molecular complexity index is 1250. The minimum Gasteiger partial charge on any atom is -0.383 e. The predicted octanol–water partition coefficient (Wildman–Crippen LogP) is 4.02. The molecule has 1 saturated carbocycles. The maximum Gasteiger partial charge on any atom is 0.227 e. The highest BCUT2D eigenvalue weighted by atomic mass is 15.3. The van der Waals surface area contributed by atoms with E-state index in [0.29, 0.717) is 28.7 Å². The van der Waals surface area contributed by atoms with Gasteiger partial charge in [-0.2, -0.15) is 15.0 Å². The molecule has 2 aromatic carbocycles. The largest absolute Gasteiger partial charge is 0.383 e. The van der Waals surface area contributed by atoms with E-state index in [1.807, 2.05) is 0 Å². The lowest BCUT2D eigenvalue weighted by atomic mass is 9.95. The van der Waals surface area contributed by atoms with Gasteiger partial charge >= 0.3 is 0 Å². The van der Waals surface area contributed by atoms with E-state index in [2.05, 4.69) is 70.1 Å². The van der Waals surface area contributed by atoms with Crippen LogP contribution in [0.2, 0.25) is 0 Å². The van der Waals surface area contributed by atoms with Gasteiger partial charge in [-0.1, -0.05) is 36.4 Å². The normalized spacial score (nSPS) is 14.9. The van der Waals surface area contributed by atoms with Crippen LogP contribution in [-0.4, -0.2) is 26.5 Å². The third-order valence-electron chi connectivity index (χ3n) is 5.99. The van der Waals surface area contributed by atoms with Crippen LogP contribution in [0.15, 0.2) is 42.6 Å². The van der Waals surface area contributed by atoms with Gasteiger partial charge in [-0.15, -0.1) is 0 Å². The van der Waals surface area contributed by atoms with Crippen molar-refractivity contribution < 1.29 is 0 Å². The number of aromatic nitrogens is 4. The van der Waals surface area contributed by atoms with E-state index in [1.54, 1.807) is 6.20 Å². The van der Waals surface area contributed by atoms with Gasteiger partial charge in [0.25, 0.3) is 0 Å². The maximum absolute atomic E-state index is 5.98. The molecular weight excluding hydrogens is 374 g/mol. The summed E-state index contributed by atoms with van der Waals surface area (Å²) in [6.45, 7) is 5.28. The molecule has 4 N–H and O–H groups in total. The number of nitrogens with zero attached hydrogens (tertiary/aromatic N) is 5. The molecule has 1 aliphatic carbocycles. The minimum atomic E-state index is 0.102. The van der Waals surface area contributed by atoms with E-state index in [0.717, 1.165) is 6.54 Å². The molecule has 7 nitrogen and oxygen atoms in total. The molecule has 1 unspecified atom stereocenters. The van der Waals surface area contributed by atoms with Crippen molar-refractivity contribution in [3.63, 3.8) is 0 Å². The molecule has 4 aromatic rings. The third kappa shape index (κ3) is 3.26. The summed E-state index contributed by atoms with van der Waals surface area (Å²) in [5.41, 5.74) is 14.8. The number of nitrogen functional groups attached to an aromatic ring is 2. The Morgan fingerprint density at radius 1 is 1.00 bits per heavy atom. The van der Waals surface area contributed by atoms with Crippen LogP contribution >= 0.6 is 0 Å². The summed E-state index contributed by atoms with van der Waals surface area (Å²) in [6.07, 6.45) is 4.19. The van der Waals surface area contributed by atoms with Crippen molar-refractivity contribution >= 4 is 39.5 Å². The van der Waals surface area contributed by atoms with Crippen LogP contribution in [0, 0.1) is 12.8 Å². The molecule has 2 heterocycles. The van der Waals surface area contributed by atoms with Crippen LogP contribution in [-0.2, 0) is 0 Å². The molecule has 2 aromatic heterocycles. The van der Waals surface area contributed by atoms with Gasteiger partial charge in [0.15, 0.2) is 5.65 Å². The molecule has 0 aliphatic heterocycles. The predicted molar refractivity (Wildman–Crippen MR) is 121 cm³/mol. The summed E-state index contributed by atoms with van der Waals surface area (Å²) >= 11 is 0. The first kappa shape index (κ1) is 18.5. The average molecular weight is 400 g/mol. The van der Waals surface area contributed by atoms with Gasteiger partial charge < -0.3 is 16.4 Å². The second kappa shape index (κ2) is 7.09. The highest BCUT2D eigenvalue weighted by Gasteiger charge is 2.29. The van der Waals surface area contributed by atoms with Crippen molar-refractivity contribution in [3.05, 3.63) is 53.7 Å². The second-order valence-corrected chi connectivity index (χ2v) is 8.16. The Kier molecular flexibility index (Phi) is 4.38. The lowest BCUT2D eigenvalue weighted by Crippen LogP contribution is -2.31. The quantitative estimate of drug-likeness (QED) is 0.522. The molecule has 152 valence electrons. The van der Waals surface area contributed by atoms with Crippen LogP contribution in [0.3, 0.4) is 0 Å². The second-order valence-electron chi connectivity index (χ2n) is 8.16. The first-order valence-corrected chi connectivity index (χ1v) is 10.3. The number of benzene rings is 2. The smallest absolute Gasteiger partial charge is 0.227 e. The van der Waals surface area contributed by atoms with Crippen molar-refractivity contribution in [1.82, 2.24) is 19.9 Å². The Balaban J connectivity index is 1.62. The molecule has 0 bridgehead atoms. The van der Waals surface area contributed by atoms with Crippen molar-refractivity contribution in [1.29, 1.82) is 0 Å². The summed E-state index contributed by atoms with van der Waals surface area (Å²) < 4.78 is 0. The van der Waals surface area contributed by atoms with Gasteiger partial charge in [0.05, 0.1) is 11.4 Å². The van der Waals surface area contributed by atoms with Crippen LogP contribution in [0.5, 0.6) is 0 Å². The van der Waals surface area contributed by atoms with E-state index in [1.165, 1.54) is 34.7 Å². The van der Waals surface area contributed by atoms with Crippen LogP contribution < -0.4 is 16.4 Å². The molecule has 0 spiro atoms. The Morgan fingerprint density at radius 2 is 1.77 bits per heavy atom. The zero-order chi connectivity index (χ0) is 20.8. The fraction of sp³-hybridized carbons (Fsp3) is 0.304. The number of rotatable bonds is 5. The molecule has 0 amide bonds.